The van der Waals surface area contributed by atoms with Gasteiger partial charge >= 0.3 is 0 Å². The van der Waals surface area contributed by atoms with Gasteiger partial charge < -0.3 is 5.73 Å². The minimum Gasteiger partial charge on any atom is -0.324 e. The van der Waals surface area contributed by atoms with E-state index in [9.17, 15) is 4.39 Å². The highest BCUT2D eigenvalue weighted by Gasteiger charge is 2.11. The van der Waals surface area contributed by atoms with Crippen molar-refractivity contribution in [3.63, 3.8) is 0 Å². The van der Waals surface area contributed by atoms with Gasteiger partial charge in [-0.2, -0.15) is 0 Å². The lowest BCUT2D eigenvalue weighted by Gasteiger charge is -2.12. The molecular weight excluding hydrogens is 236 g/mol. The van der Waals surface area contributed by atoms with Crippen molar-refractivity contribution < 1.29 is 4.39 Å². The zero-order valence-corrected chi connectivity index (χ0v) is 10.0. The summed E-state index contributed by atoms with van der Waals surface area (Å²) >= 11 is 5.75. The van der Waals surface area contributed by atoms with Crippen molar-refractivity contribution in [3.8, 4) is 0 Å². The van der Waals surface area contributed by atoms with E-state index in [-0.39, 0.29) is 24.3 Å². The Bertz CT molecular complexity index is 352. The smallest absolute Gasteiger partial charge is 0.128 e. The van der Waals surface area contributed by atoms with Crippen molar-refractivity contribution in [1.82, 2.24) is 0 Å². The van der Waals surface area contributed by atoms with Crippen molar-refractivity contribution in [1.29, 1.82) is 0 Å². The first-order valence-electron chi connectivity index (χ1n) is 4.35. The summed E-state index contributed by atoms with van der Waals surface area (Å²) in [7, 11) is 0. The zero-order chi connectivity index (χ0) is 10.7. The monoisotopic (exact) mass is 249 g/mol. The van der Waals surface area contributed by atoms with Crippen LogP contribution in [0.4, 0.5) is 4.39 Å². The molecule has 0 aliphatic heterocycles. The van der Waals surface area contributed by atoms with E-state index in [0.717, 1.165) is 5.57 Å². The maximum absolute atomic E-state index is 13.3. The quantitative estimate of drug-likeness (QED) is 0.809. The largest absolute Gasteiger partial charge is 0.324 e. The molecule has 1 rings (SSSR count). The molecule has 0 heterocycles. The molecule has 0 radical (unpaired) electrons. The van der Waals surface area contributed by atoms with E-state index in [0.29, 0.717) is 17.0 Å². The number of benzene rings is 1. The molecule has 2 N–H and O–H groups in total. The molecule has 15 heavy (non-hydrogen) atoms. The number of nitrogens with two attached hydrogens (primary N) is 1. The average Bonchev–Trinajstić information content (AvgIpc) is 2.08. The Labute approximate surface area is 101 Å². The van der Waals surface area contributed by atoms with Gasteiger partial charge in [0.05, 0.1) is 0 Å². The Kier molecular flexibility index (Phi) is 5.88. The molecule has 4 heteroatoms. The van der Waals surface area contributed by atoms with Crippen molar-refractivity contribution >= 4 is 24.0 Å². The summed E-state index contributed by atoms with van der Waals surface area (Å²) in [5, 5.41) is 0.499. The summed E-state index contributed by atoms with van der Waals surface area (Å²) in [5.41, 5.74) is 7.18. The highest BCUT2D eigenvalue weighted by Crippen LogP contribution is 2.23. The average molecular weight is 250 g/mol. The third-order valence-corrected chi connectivity index (χ3v) is 2.16. The minimum atomic E-state index is -0.369. The lowest BCUT2D eigenvalue weighted by Crippen LogP contribution is -2.12. The molecule has 0 bridgehead atoms. The first-order chi connectivity index (χ1) is 6.50. The summed E-state index contributed by atoms with van der Waals surface area (Å²) in [4.78, 5) is 0. The summed E-state index contributed by atoms with van der Waals surface area (Å²) in [6.07, 6.45) is 0.567. The van der Waals surface area contributed by atoms with Crippen molar-refractivity contribution in [3.05, 3.63) is 46.8 Å². The zero-order valence-electron chi connectivity index (χ0n) is 8.47. The summed E-state index contributed by atoms with van der Waals surface area (Å²) < 4.78 is 13.3. The summed E-state index contributed by atoms with van der Waals surface area (Å²) in [6, 6.07) is 4.03. The first-order valence-corrected chi connectivity index (χ1v) is 4.73. The number of rotatable bonds is 3. The van der Waals surface area contributed by atoms with Crippen LogP contribution in [0.1, 0.15) is 24.9 Å². The second kappa shape index (κ2) is 6.11. The summed E-state index contributed by atoms with van der Waals surface area (Å²) in [5.74, 6) is -0.317. The Morgan fingerprint density at radius 1 is 1.60 bits per heavy atom. The second-order valence-electron chi connectivity index (χ2n) is 3.43. The highest BCUT2D eigenvalue weighted by atomic mass is 35.5. The molecule has 1 atom stereocenters. The van der Waals surface area contributed by atoms with Crippen molar-refractivity contribution in [2.75, 3.05) is 0 Å². The molecule has 0 fully saturated rings. The van der Waals surface area contributed by atoms with Crippen LogP contribution < -0.4 is 5.73 Å². The molecule has 84 valence electrons. The Morgan fingerprint density at radius 3 is 2.73 bits per heavy atom. The van der Waals surface area contributed by atoms with Crippen LogP contribution in [0.15, 0.2) is 30.4 Å². The maximum atomic E-state index is 13.3. The van der Waals surface area contributed by atoms with E-state index >= 15 is 0 Å². The summed E-state index contributed by atoms with van der Waals surface area (Å²) in [6.45, 7) is 5.60. The number of hydrogen-bond acceptors (Lipinski definition) is 1. The molecule has 1 aromatic rings. The SMILES string of the molecule is C=C(C)C[C@@H](N)c1cc(Cl)ccc1F.Cl. The van der Waals surface area contributed by atoms with Crippen molar-refractivity contribution in [2.24, 2.45) is 5.73 Å². The van der Waals surface area contributed by atoms with Crippen LogP contribution in [0.3, 0.4) is 0 Å². The van der Waals surface area contributed by atoms with Crippen LogP contribution in [0, 0.1) is 5.82 Å². The van der Waals surface area contributed by atoms with Crippen LogP contribution in [0.2, 0.25) is 5.02 Å². The van der Waals surface area contributed by atoms with Crippen LogP contribution in [0.25, 0.3) is 0 Å². The van der Waals surface area contributed by atoms with Crippen LogP contribution in [-0.4, -0.2) is 0 Å². The van der Waals surface area contributed by atoms with E-state index in [1.54, 1.807) is 6.07 Å². The Morgan fingerprint density at radius 2 is 2.20 bits per heavy atom. The molecule has 0 unspecified atom stereocenters. The number of halogens is 3. The normalized spacial score (nSPS) is 11.7. The second-order valence-corrected chi connectivity index (χ2v) is 3.87. The number of hydrogen-bond donors (Lipinski definition) is 1. The third kappa shape index (κ3) is 4.20. The van der Waals surface area contributed by atoms with E-state index < -0.39 is 0 Å². The van der Waals surface area contributed by atoms with E-state index in [1.807, 2.05) is 6.92 Å². The van der Waals surface area contributed by atoms with Crippen LogP contribution >= 0.6 is 24.0 Å². The first kappa shape index (κ1) is 14.4. The molecule has 0 aliphatic rings. The van der Waals surface area contributed by atoms with E-state index in [4.69, 9.17) is 17.3 Å². The standard InChI is InChI=1S/C11H13ClFN.ClH/c1-7(2)5-11(14)9-6-8(12)3-4-10(9)13;/h3-4,6,11H,1,5,14H2,2H3;1H/t11-;/m1./s1. The Hall–Kier alpha value is -0.570. The third-order valence-electron chi connectivity index (χ3n) is 1.93. The van der Waals surface area contributed by atoms with Gasteiger partial charge in [0, 0.05) is 16.6 Å². The molecule has 1 nitrogen and oxygen atoms in total. The fourth-order valence-corrected chi connectivity index (χ4v) is 1.46. The van der Waals surface area contributed by atoms with Gasteiger partial charge in [0.1, 0.15) is 5.82 Å². The fourth-order valence-electron chi connectivity index (χ4n) is 1.28. The van der Waals surface area contributed by atoms with E-state index in [1.165, 1.54) is 12.1 Å². The maximum Gasteiger partial charge on any atom is 0.128 e. The van der Waals surface area contributed by atoms with Crippen LogP contribution in [0.5, 0.6) is 0 Å². The van der Waals surface area contributed by atoms with Gasteiger partial charge in [-0.1, -0.05) is 17.2 Å². The van der Waals surface area contributed by atoms with Gasteiger partial charge in [0.2, 0.25) is 0 Å². The van der Waals surface area contributed by atoms with Gasteiger partial charge in [-0.05, 0) is 31.5 Å². The van der Waals surface area contributed by atoms with E-state index in [2.05, 4.69) is 6.58 Å². The lowest BCUT2D eigenvalue weighted by molar-refractivity contribution is 0.580. The van der Waals surface area contributed by atoms with Gasteiger partial charge in [-0.3, -0.25) is 0 Å². The molecule has 0 aromatic heterocycles. The van der Waals surface area contributed by atoms with Crippen molar-refractivity contribution in [2.45, 2.75) is 19.4 Å². The molecule has 0 saturated heterocycles. The molecule has 0 saturated carbocycles. The van der Waals surface area contributed by atoms with Crippen LogP contribution in [-0.2, 0) is 0 Å². The Balaban J connectivity index is 0.00000196. The molecule has 0 spiro atoms. The molecular formula is C11H14Cl2FN. The molecule has 1 aromatic carbocycles. The topological polar surface area (TPSA) is 26.0 Å². The molecule has 0 aliphatic carbocycles. The highest BCUT2D eigenvalue weighted by molar-refractivity contribution is 6.30. The van der Waals surface area contributed by atoms with Gasteiger partial charge in [-0.25, -0.2) is 4.39 Å². The fraction of sp³-hybridized carbons (Fsp3) is 0.273. The van der Waals surface area contributed by atoms with Gasteiger partial charge in [0.15, 0.2) is 0 Å². The minimum absolute atomic E-state index is 0. The lowest BCUT2D eigenvalue weighted by atomic mass is 10.0. The molecule has 0 amide bonds. The van der Waals surface area contributed by atoms with Gasteiger partial charge in [-0.15, -0.1) is 19.0 Å². The predicted octanol–water partition coefficient (Wildman–Crippen LogP) is 3.87. The van der Waals surface area contributed by atoms with Gasteiger partial charge in [0.25, 0.3) is 0 Å². The predicted molar refractivity (Wildman–Crippen MR) is 65.0 cm³/mol.